The van der Waals surface area contributed by atoms with Gasteiger partial charge in [-0.25, -0.2) is 14.3 Å². The van der Waals surface area contributed by atoms with Crippen molar-refractivity contribution in [3.8, 4) is 5.82 Å². The first-order chi connectivity index (χ1) is 9.88. The molecule has 0 atom stereocenters. The molecular weight excluding hydrogens is 278 g/mol. The molecule has 0 bridgehead atoms. The van der Waals surface area contributed by atoms with Crippen molar-refractivity contribution in [1.82, 2.24) is 24.1 Å². The molecule has 0 saturated heterocycles. The van der Waals surface area contributed by atoms with Crippen molar-refractivity contribution in [2.24, 2.45) is 14.1 Å². The number of ether oxygens (including phenoxy) is 1. The molecule has 0 unspecified atom stereocenters. The number of rotatable bonds is 3. The molecule has 0 spiro atoms. The van der Waals surface area contributed by atoms with Crippen molar-refractivity contribution in [1.29, 1.82) is 0 Å². The molecular formula is C12H15N5O4. The van der Waals surface area contributed by atoms with Gasteiger partial charge in [0.2, 0.25) is 0 Å². The molecule has 9 heteroatoms. The fourth-order valence-corrected chi connectivity index (χ4v) is 1.86. The van der Waals surface area contributed by atoms with Gasteiger partial charge in [0, 0.05) is 20.2 Å². The van der Waals surface area contributed by atoms with Gasteiger partial charge in [0.15, 0.2) is 5.69 Å². The highest BCUT2D eigenvalue weighted by Crippen LogP contribution is 2.10. The van der Waals surface area contributed by atoms with Crippen LogP contribution in [0.4, 0.5) is 0 Å². The molecule has 21 heavy (non-hydrogen) atoms. The summed E-state index contributed by atoms with van der Waals surface area (Å²) in [6.45, 7) is 3.51. The molecule has 0 saturated carbocycles. The third-order valence-corrected chi connectivity index (χ3v) is 3.08. The second-order valence-electron chi connectivity index (χ2n) is 4.40. The van der Waals surface area contributed by atoms with E-state index in [-0.39, 0.29) is 18.1 Å². The van der Waals surface area contributed by atoms with Crippen molar-refractivity contribution >= 4 is 5.97 Å². The summed E-state index contributed by atoms with van der Waals surface area (Å²) in [5.41, 5.74) is -0.535. The fourth-order valence-electron chi connectivity index (χ4n) is 1.86. The summed E-state index contributed by atoms with van der Waals surface area (Å²) in [5, 5.41) is 7.57. The predicted octanol–water partition coefficient (Wildman–Crippen LogP) is -0.850. The second-order valence-corrected chi connectivity index (χ2v) is 4.40. The van der Waals surface area contributed by atoms with E-state index in [0.29, 0.717) is 5.69 Å². The summed E-state index contributed by atoms with van der Waals surface area (Å²) in [7, 11) is 2.88. The molecule has 2 heterocycles. The third-order valence-electron chi connectivity index (χ3n) is 3.08. The van der Waals surface area contributed by atoms with Gasteiger partial charge in [-0.2, -0.15) is 0 Å². The van der Waals surface area contributed by atoms with Gasteiger partial charge < -0.3 is 4.74 Å². The van der Waals surface area contributed by atoms with Crippen LogP contribution in [0.2, 0.25) is 0 Å². The molecule has 2 aromatic rings. The molecule has 0 aromatic carbocycles. The minimum Gasteiger partial charge on any atom is -0.461 e. The summed E-state index contributed by atoms with van der Waals surface area (Å²) in [6, 6.07) is 1.25. The van der Waals surface area contributed by atoms with E-state index in [1.807, 2.05) is 0 Å². The summed E-state index contributed by atoms with van der Waals surface area (Å²) in [6.07, 6.45) is 0. The molecule has 2 rings (SSSR count). The first kappa shape index (κ1) is 14.7. The maximum Gasteiger partial charge on any atom is 0.360 e. The zero-order valence-electron chi connectivity index (χ0n) is 12.2. The number of carbonyl (C=O) groups is 1. The molecule has 0 aliphatic heterocycles. The minimum atomic E-state index is -0.602. The van der Waals surface area contributed by atoms with Crippen LogP contribution < -0.4 is 11.2 Å². The molecule has 2 aromatic heterocycles. The van der Waals surface area contributed by atoms with Crippen LogP contribution in [0.25, 0.3) is 5.82 Å². The Labute approximate surface area is 119 Å². The molecule has 0 radical (unpaired) electrons. The van der Waals surface area contributed by atoms with Gasteiger partial charge in [0.05, 0.1) is 12.3 Å². The zero-order valence-corrected chi connectivity index (χ0v) is 12.2. The molecule has 0 N–H and O–H groups in total. The Hall–Kier alpha value is -2.71. The van der Waals surface area contributed by atoms with Crippen LogP contribution in [0.3, 0.4) is 0 Å². The van der Waals surface area contributed by atoms with Crippen molar-refractivity contribution in [2.75, 3.05) is 6.61 Å². The van der Waals surface area contributed by atoms with Gasteiger partial charge in [-0.15, -0.1) is 5.10 Å². The lowest BCUT2D eigenvalue weighted by Crippen LogP contribution is -2.38. The molecule has 112 valence electrons. The van der Waals surface area contributed by atoms with Gasteiger partial charge in [-0.3, -0.25) is 13.9 Å². The van der Waals surface area contributed by atoms with Crippen LogP contribution in [-0.4, -0.2) is 36.7 Å². The van der Waals surface area contributed by atoms with E-state index in [1.165, 1.54) is 29.4 Å². The van der Waals surface area contributed by atoms with Crippen molar-refractivity contribution < 1.29 is 9.53 Å². The highest BCUT2D eigenvalue weighted by molar-refractivity contribution is 5.88. The standard InChI is InChI=1S/C12H15N5O4/c1-5-21-11(19)10-7(2)17(14-13-10)8-6-9(18)16(4)12(20)15(8)3/h6H,5H2,1-4H3. The third kappa shape index (κ3) is 2.37. The second kappa shape index (κ2) is 5.35. The van der Waals surface area contributed by atoms with Crippen molar-refractivity contribution in [3.63, 3.8) is 0 Å². The summed E-state index contributed by atoms with van der Waals surface area (Å²) in [4.78, 5) is 35.4. The van der Waals surface area contributed by atoms with Gasteiger partial charge in [0.1, 0.15) is 5.82 Å². The van der Waals surface area contributed by atoms with Gasteiger partial charge >= 0.3 is 11.7 Å². The number of hydrogen-bond acceptors (Lipinski definition) is 6. The Balaban J connectivity index is 2.62. The number of carbonyl (C=O) groups excluding carboxylic acids is 1. The molecule has 0 amide bonds. The summed E-state index contributed by atoms with van der Waals surface area (Å²) < 4.78 is 8.35. The quantitative estimate of drug-likeness (QED) is 0.683. The minimum absolute atomic E-state index is 0.0463. The average molecular weight is 293 g/mol. The van der Waals surface area contributed by atoms with Crippen molar-refractivity contribution in [3.05, 3.63) is 38.3 Å². The van der Waals surface area contributed by atoms with Crippen LogP contribution in [0.1, 0.15) is 23.1 Å². The molecule has 0 fully saturated rings. The highest BCUT2D eigenvalue weighted by atomic mass is 16.5. The van der Waals surface area contributed by atoms with Crippen LogP contribution in [0.15, 0.2) is 15.7 Å². The molecule has 0 aliphatic carbocycles. The summed E-state index contributed by atoms with van der Waals surface area (Å²) >= 11 is 0. The van der Waals surface area contributed by atoms with Gasteiger partial charge in [-0.05, 0) is 13.8 Å². The summed E-state index contributed by atoms with van der Waals surface area (Å²) in [5.74, 6) is -0.376. The largest absolute Gasteiger partial charge is 0.461 e. The lowest BCUT2D eigenvalue weighted by molar-refractivity contribution is 0.0518. The highest BCUT2D eigenvalue weighted by Gasteiger charge is 2.20. The van der Waals surface area contributed by atoms with E-state index in [2.05, 4.69) is 10.3 Å². The van der Waals surface area contributed by atoms with E-state index in [9.17, 15) is 14.4 Å². The van der Waals surface area contributed by atoms with Gasteiger partial charge in [0.25, 0.3) is 5.56 Å². The smallest absolute Gasteiger partial charge is 0.360 e. The van der Waals surface area contributed by atoms with E-state index in [4.69, 9.17) is 4.74 Å². The van der Waals surface area contributed by atoms with E-state index in [1.54, 1.807) is 13.8 Å². The van der Waals surface area contributed by atoms with Crippen molar-refractivity contribution in [2.45, 2.75) is 13.8 Å². The normalized spacial score (nSPS) is 10.7. The topological polar surface area (TPSA) is 101 Å². The van der Waals surface area contributed by atoms with E-state index < -0.39 is 17.2 Å². The van der Waals surface area contributed by atoms with Gasteiger partial charge in [-0.1, -0.05) is 5.21 Å². The Morgan fingerprint density at radius 1 is 1.29 bits per heavy atom. The number of hydrogen-bond donors (Lipinski definition) is 0. The maximum atomic E-state index is 11.9. The van der Waals surface area contributed by atoms with Crippen LogP contribution in [-0.2, 0) is 18.8 Å². The van der Waals surface area contributed by atoms with Crippen LogP contribution in [0, 0.1) is 6.92 Å². The lowest BCUT2D eigenvalue weighted by atomic mass is 10.3. The van der Waals surface area contributed by atoms with E-state index >= 15 is 0 Å². The lowest BCUT2D eigenvalue weighted by Gasteiger charge is -2.09. The zero-order chi connectivity index (χ0) is 15.7. The first-order valence-electron chi connectivity index (χ1n) is 6.25. The number of aromatic nitrogens is 5. The Morgan fingerprint density at radius 2 is 1.95 bits per heavy atom. The first-order valence-corrected chi connectivity index (χ1v) is 6.25. The monoisotopic (exact) mass is 293 g/mol. The Kier molecular flexibility index (Phi) is 3.74. The average Bonchev–Trinajstić information content (AvgIpc) is 2.82. The van der Waals surface area contributed by atoms with Crippen LogP contribution in [0.5, 0.6) is 0 Å². The molecule has 9 nitrogen and oxygen atoms in total. The SMILES string of the molecule is CCOC(=O)c1nnn(-c2cc(=O)n(C)c(=O)n2C)c1C. The number of esters is 1. The Bertz CT molecular complexity index is 814. The predicted molar refractivity (Wildman–Crippen MR) is 72.5 cm³/mol. The fraction of sp³-hybridized carbons (Fsp3) is 0.417. The van der Waals surface area contributed by atoms with Crippen LogP contribution >= 0.6 is 0 Å². The molecule has 0 aliphatic rings. The Morgan fingerprint density at radius 3 is 2.57 bits per heavy atom. The number of nitrogens with zero attached hydrogens (tertiary/aromatic N) is 5. The van der Waals surface area contributed by atoms with E-state index in [0.717, 1.165) is 4.57 Å². The maximum absolute atomic E-state index is 11.9.